The number of benzene rings is 1. The van der Waals surface area contributed by atoms with Gasteiger partial charge in [-0.15, -0.1) is 11.8 Å². The number of hydrogen-bond donors (Lipinski definition) is 0. The molecule has 2 aliphatic heterocycles. The first-order valence-electron chi connectivity index (χ1n) is 9.06. The van der Waals surface area contributed by atoms with Crippen LogP contribution in [0, 0.1) is 0 Å². The molecule has 0 unspecified atom stereocenters. The van der Waals surface area contributed by atoms with Gasteiger partial charge < -0.3 is 4.74 Å². The van der Waals surface area contributed by atoms with Gasteiger partial charge in [-0.1, -0.05) is 24.3 Å². The van der Waals surface area contributed by atoms with Gasteiger partial charge >= 0.3 is 0 Å². The van der Waals surface area contributed by atoms with Gasteiger partial charge in [0.2, 0.25) is 0 Å². The Hall–Kier alpha value is -2.11. The van der Waals surface area contributed by atoms with Crippen molar-refractivity contribution < 1.29 is 4.74 Å². The molecular formula is C21H21N3OS. The highest BCUT2D eigenvalue weighted by molar-refractivity contribution is 8.01. The van der Waals surface area contributed by atoms with Crippen LogP contribution in [-0.4, -0.2) is 44.6 Å². The molecule has 0 bridgehead atoms. The number of hydrogen-bond acceptors (Lipinski definition) is 5. The third kappa shape index (κ3) is 3.17. The fraction of sp³-hybridized carbons (Fsp3) is 0.333. The number of para-hydroxylation sites is 1. The van der Waals surface area contributed by atoms with E-state index in [1.54, 1.807) is 12.4 Å². The zero-order valence-corrected chi connectivity index (χ0v) is 15.4. The Morgan fingerprint density at radius 1 is 1.12 bits per heavy atom. The number of fused-ring (bicyclic) bond motifs is 1. The highest BCUT2D eigenvalue weighted by Crippen LogP contribution is 2.46. The molecule has 5 rings (SSSR count). The van der Waals surface area contributed by atoms with Crippen molar-refractivity contribution in [3.05, 3.63) is 66.6 Å². The number of likely N-dealkylation sites (tertiary alicyclic amines) is 1. The van der Waals surface area contributed by atoms with E-state index in [-0.39, 0.29) is 0 Å². The van der Waals surface area contributed by atoms with Gasteiger partial charge in [-0.3, -0.25) is 14.9 Å². The summed E-state index contributed by atoms with van der Waals surface area (Å²) in [5.74, 6) is 1.95. The van der Waals surface area contributed by atoms with Crippen LogP contribution in [-0.2, 0) is 6.54 Å². The molecule has 2 aromatic heterocycles. The zero-order valence-electron chi connectivity index (χ0n) is 14.5. The predicted molar refractivity (Wildman–Crippen MR) is 105 cm³/mol. The molecule has 1 atom stereocenters. The standard InChI is InChI=1S/C21H21N3OS/c1-2-6-20-16(4-1)7-8-17(23-20)12-24-14-21(15-24)10-19(13-26-21)25-18-5-3-9-22-11-18/h1-9,11,19H,10,12-15H2/t19-/m0/s1. The van der Waals surface area contributed by atoms with Crippen LogP contribution in [0.25, 0.3) is 10.9 Å². The third-order valence-electron chi connectivity index (χ3n) is 5.18. The average Bonchev–Trinajstić information content (AvgIpc) is 3.06. The van der Waals surface area contributed by atoms with E-state index in [0.717, 1.165) is 48.8 Å². The molecule has 0 aliphatic carbocycles. The minimum Gasteiger partial charge on any atom is -0.488 e. The van der Waals surface area contributed by atoms with Crippen molar-refractivity contribution in [2.45, 2.75) is 23.8 Å². The Morgan fingerprint density at radius 2 is 2.04 bits per heavy atom. The van der Waals surface area contributed by atoms with Gasteiger partial charge in [-0.05, 0) is 24.3 Å². The number of thioether (sulfide) groups is 1. The van der Waals surface area contributed by atoms with Crippen molar-refractivity contribution in [3.63, 3.8) is 0 Å². The molecule has 132 valence electrons. The van der Waals surface area contributed by atoms with Crippen LogP contribution in [0.3, 0.4) is 0 Å². The molecule has 2 fully saturated rings. The summed E-state index contributed by atoms with van der Waals surface area (Å²) in [6.07, 6.45) is 5.00. The quantitative estimate of drug-likeness (QED) is 0.705. The lowest BCUT2D eigenvalue weighted by molar-refractivity contribution is 0.0909. The first kappa shape index (κ1) is 16.1. The first-order chi connectivity index (χ1) is 12.8. The second-order valence-corrected chi connectivity index (χ2v) is 8.76. The summed E-state index contributed by atoms with van der Waals surface area (Å²) < 4.78 is 6.46. The van der Waals surface area contributed by atoms with Gasteiger partial charge in [0.25, 0.3) is 0 Å². The van der Waals surface area contributed by atoms with E-state index >= 15 is 0 Å². The normalized spacial score (nSPS) is 21.8. The van der Waals surface area contributed by atoms with Crippen molar-refractivity contribution in [2.24, 2.45) is 0 Å². The fourth-order valence-electron chi connectivity index (χ4n) is 4.01. The summed E-state index contributed by atoms with van der Waals surface area (Å²) in [5, 5.41) is 1.21. The summed E-state index contributed by atoms with van der Waals surface area (Å²) in [6.45, 7) is 3.18. The Kier molecular flexibility index (Phi) is 4.06. The van der Waals surface area contributed by atoms with Crippen molar-refractivity contribution >= 4 is 22.7 Å². The molecule has 0 saturated carbocycles. The summed E-state index contributed by atoms with van der Waals surface area (Å²) in [6, 6.07) is 16.6. The Bertz CT molecular complexity index is 911. The molecule has 4 nitrogen and oxygen atoms in total. The number of rotatable bonds is 4. The van der Waals surface area contributed by atoms with E-state index in [1.807, 2.05) is 12.1 Å². The molecule has 26 heavy (non-hydrogen) atoms. The van der Waals surface area contributed by atoms with Crippen LogP contribution >= 0.6 is 11.8 Å². The van der Waals surface area contributed by atoms with Gasteiger partial charge in [0.05, 0.1) is 17.4 Å². The number of ether oxygens (including phenoxy) is 1. The molecule has 1 aromatic carbocycles. The van der Waals surface area contributed by atoms with Gasteiger partial charge in [0.15, 0.2) is 0 Å². The SMILES string of the molecule is c1cncc(O[C@@H]2CSC3(C2)CN(Cc2ccc4ccccc4n2)C3)c1. The average molecular weight is 363 g/mol. The van der Waals surface area contributed by atoms with Crippen LogP contribution in [0.2, 0.25) is 0 Å². The van der Waals surface area contributed by atoms with Crippen LogP contribution in [0.15, 0.2) is 60.9 Å². The molecule has 0 N–H and O–H groups in total. The second kappa shape index (κ2) is 6.56. The lowest BCUT2D eigenvalue weighted by Crippen LogP contribution is -2.58. The van der Waals surface area contributed by atoms with Crippen molar-refractivity contribution in [1.29, 1.82) is 0 Å². The summed E-state index contributed by atoms with van der Waals surface area (Å²) in [7, 11) is 0. The zero-order chi connectivity index (χ0) is 17.4. The Morgan fingerprint density at radius 3 is 2.92 bits per heavy atom. The Labute approximate surface area is 157 Å². The number of nitrogens with zero attached hydrogens (tertiary/aromatic N) is 3. The predicted octanol–water partition coefficient (Wildman–Crippen LogP) is 3.77. The largest absolute Gasteiger partial charge is 0.488 e. The third-order valence-corrected chi connectivity index (χ3v) is 6.75. The van der Waals surface area contributed by atoms with E-state index < -0.39 is 0 Å². The van der Waals surface area contributed by atoms with Gasteiger partial charge in [-0.25, -0.2) is 0 Å². The summed E-state index contributed by atoms with van der Waals surface area (Å²) in [4.78, 5) is 11.4. The molecule has 5 heteroatoms. The summed E-state index contributed by atoms with van der Waals surface area (Å²) >= 11 is 2.07. The van der Waals surface area contributed by atoms with E-state index in [9.17, 15) is 0 Å². The Balaban J connectivity index is 1.18. The van der Waals surface area contributed by atoms with E-state index in [4.69, 9.17) is 9.72 Å². The van der Waals surface area contributed by atoms with Crippen molar-refractivity contribution in [2.75, 3.05) is 18.8 Å². The molecule has 2 aliphatic rings. The van der Waals surface area contributed by atoms with Crippen LogP contribution < -0.4 is 4.74 Å². The first-order valence-corrected chi connectivity index (χ1v) is 10.0. The minimum atomic E-state index is 0.296. The maximum atomic E-state index is 6.09. The van der Waals surface area contributed by atoms with Crippen LogP contribution in [0.5, 0.6) is 5.75 Å². The molecule has 3 aromatic rings. The van der Waals surface area contributed by atoms with Gasteiger partial charge in [0, 0.05) is 48.1 Å². The molecule has 4 heterocycles. The monoisotopic (exact) mass is 363 g/mol. The van der Waals surface area contributed by atoms with Crippen LogP contribution in [0.4, 0.5) is 0 Å². The maximum Gasteiger partial charge on any atom is 0.138 e. The fourth-order valence-corrected chi connectivity index (χ4v) is 5.59. The molecule has 2 saturated heterocycles. The molecule has 0 radical (unpaired) electrons. The maximum absolute atomic E-state index is 6.09. The summed E-state index contributed by atoms with van der Waals surface area (Å²) in [5.41, 5.74) is 2.24. The molecule has 0 amide bonds. The minimum absolute atomic E-state index is 0.296. The molecular weight excluding hydrogens is 342 g/mol. The van der Waals surface area contributed by atoms with E-state index in [0.29, 0.717) is 10.9 Å². The van der Waals surface area contributed by atoms with Crippen LogP contribution in [0.1, 0.15) is 12.1 Å². The van der Waals surface area contributed by atoms with Gasteiger partial charge in [0.1, 0.15) is 11.9 Å². The highest BCUT2D eigenvalue weighted by atomic mass is 32.2. The number of aromatic nitrogens is 2. The topological polar surface area (TPSA) is 38.2 Å². The van der Waals surface area contributed by atoms with Gasteiger partial charge in [-0.2, -0.15) is 0 Å². The van der Waals surface area contributed by atoms with E-state index in [2.05, 4.69) is 58.0 Å². The lowest BCUT2D eigenvalue weighted by atomic mass is 9.92. The van der Waals surface area contributed by atoms with Crippen molar-refractivity contribution in [1.82, 2.24) is 14.9 Å². The molecule has 1 spiro atoms. The van der Waals surface area contributed by atoms with Crippen molar-refractivity contribution in [3.8, 4) is 5.75 Å². The second-order valence-electron chi connectivity index (χ2n) is 7.27. The number of pyridine rings is 2. The highest BCUT2D eigenvalue weighted by Gasteiger charge is 2.49. The lowest BCUT2D eigenvalue weighted by Gasteiger charge is -2.47. The van der Waals surface area contributed by atoms with E-state index in [1.165, 1.54) is 5.39 Å². The smallest absolute Gasteiger partial charge is 0.138 e.